The van der Waals surface area contributed by atoms with Crippen LogP contribution in [0.25, 0.3) is 0 Å². The second kappa shape index (κ2) is 4.26. The van der Waals surface area contributed by atoms with E-state index in [4.69, 9.17) is 0 Å². The van der Waals surface area contributed by atoms with Crippen molar-refractivity contribution >= 4 is 0 Å². The van der Waals surface area contributed by atoms with Gasteiger partial charge in [0.15, 0.2) is 0 Å². The van der Waals surface area contributed by atoms with Crippen molar-refractivity contribution < 1.29 is 0 Å². The van der Waals surface area contributed by atoms with Gasteiger partial charge in [0.2, 0.25) is 0 Å². The standard InChI is InChI=1S/C12H13N3O/c1-8-9(2)15-12(16)11(14-8)6-10-4-3-5-13-7-10/h3-5,7H,6H2,1-2H3,(H,15,16). The molecule has 0 bridgehead atoms. The predicted octanol–water partition coefficient (Wildman–Crippen LogP) is 1.37. The first-order valence-corrected chi connectivity index (χ1v) is 5.12. The van der Waals surface area contributed by atoms with Crippen LogP contribution in [-0.2, 0) is 6.42 Å². The molecule has 0 radical (unpaired) electrons. The maximum Gasteiger partial charge on any atom is 0.270 e. The van der Waals surface area contributed by atoms with Gasteiger partial charge in [-0.2, -0.15) is 0 Å². The molecule has 0 amide bonds. The Hall–Kier alpha value is -1.97. The van der Waals surface area contributed by atoms with E-state index in [1.54, 1.807) is 12.4 Å². The summed E-state index contributed by atoms with van der Waals surface area (Å²) in [5.41, 5.74) is 3.09. The first kappa shape index (κ1) is 10.5. The van der Waals surface area contributed by atoms with Crippen molar-refractivity contribution in [2.24, 2.45) is 0 Å². The van der Waals surface area contributed by atoms with Crippen molar-refractivity contribution in [3.05, 3.63) is 57.5 Å². The Morgan fingerprint density at radius 1 is 1.38 bits per heavy atom. The lowest BCUT2D eigenvalue weighted by Crippen LogP contribution is -2.18. The molecule has 0 spiro atoms. The van der Waals surface area contributed by atoms with Gasteiger partial charge < -0.3 is 4.98 Å². The van der Waals surface area contributed by atoms with E-state index in [1.165, 1.54) is 0 Å². The Labute approximate surface area is 93.4 Å². The van der Waals surface area contributed by atoms with Gasteiger partial charge in [-0.25, -0.2) is 0 Å². The third kappa shape index (κ3) is 2.16. The maximum atomic E-state index is 11.7. The van der Waals surface area contributed by atoms with E-state index in [1.807, 2.05) is 26.0 Å². The highest BCUT2D eigenvalue weighted by Crippen LogP contribution is 2.03. The number of aromatic amines is 1. The fourth-order valence-corrected chi connectivity index (χ4v) is 1.49. The van der Waals surface area contributed by atoms with E-state index in [0.717, 1.165) is 17.0 Å². The molecule has 2 aromatic rings. The van der Waals surface area contributed by atoms with Crippen LogP contribution in [-0.4, -0.2) is 15.0 Å². The Kier molecular flexibility index (Phi) is 2.81. The molecule has 0 aliphatic carbocycles. The van der Waals surface area contributed by atoms with Gasteiger partial charge in [0.25, 0.3) is 5.56 Å². The molecule has 2 heterocycles. The zero-order valence-electron chi connectivity index (χ0n) is 9.32. The predicted molar refractivity (Wildman–Crippen MR) is 61.4 cm³/mol. The molecule has 2 aromatic heterocycles. The second-order valence-corrected chi connectivity index (χ2v) is 3.76. The summed E-state index contributed by atoms with van der Waals surface area (Å²) in [6.45, 7) is 3.73. The number of nitrogens with one attached hydrogen (secondary N) is 1. The number of nitrogens with zero attached hydrogens (tertiary/aromatic N) is 2. The number of H-pyrrole nitrogens is 1. The third-order valence-corrected chi connectivity index (χ3v) is 2.50. The van der Waals surface area contributed by atoms with Gasteiger partial charge in [0, 0.05) is 24.5 Å². The minimum absolute atomic E-state index is 0.119. The Morgan fingerprint density at radius 3 is 2.88 bits per heavy atom. The molecular formula is C12H13N3O. The molecule has 0 saturated heterocycles. The van der Waals surface area contributed by atoms with Gasteiger partial charge in [-0.3, -0.25) is 14.8 Å². The molecule has 1 N–H and O–H groups in total. The molecule has 0 fully saturated rings. The van der Waals surface area contributed by atoms with Crippen molar-refractivity contribution in [3.8, 4) is 0 Å². The summed E-state index contributed by atoms with van der Waals surface area (Å²) in [4.78, 5) is 22.8. The lowest BCUT2D eigenvalue weighted by Gasteiger charge is -2.03. The van der Waals surface area contributed by atoms with Gasteiger partial charge in [0.1, 0.15) is 5.69 Å². The maximum absolute atomic E-state index is 11.7. The molecule has 4 nitrogen and oxygen atoms in total. The highest BCUT2D eigenvalue weighted by atomic mass is 16.1. The average Bonchev–Trinajstić information content (AvgIpc) is 2.27. The fraction of sp³-hybridized carbons (Fsp3) is 0.250. The Bertz CT molecular complexity index is 546. The van der Waals surface area contributed by atoms with Crippen LogP contribution in [0.4, 0.5) is 0 Å². The van der Waals surface area contributed by atoms with Gasteiger partial charge >= 0.3 is 0 Å². The smallest absolute Gasteiger partial charge is 0.270 e. The molecule has 82 valence electrons. The lowest BCUT2D eigenvalue weighted by atomic mass is 10.1. The van der Waals surface area contributed by atoms with Crippen LogP contribution in [0.5, 0.6) is 0 Å². The largest absolute Gasteiger partial charge is 0.323 e. The number of pyridine rings is 1. The van der Waals surface area contributed by atoms with Crippen molar-refractivity contribution in [1.82, 2.24) is 15.0 Å². The van der Waals surface area contributed by atoms with Crippen LogP contribution < -0.4 is 5.56 Å². The van der Waals surface area contributed by atoms with Crippen LogP contribution in [0.3, 0.4) is 0 Å². The summed E-state index contributed by atoms with van der Waals surface area (Å²) >= 11 is 0. The van der Waals surface area contributed by atoms with Crippen LogP contribution in [0.15, 0.2) is 29.3 Å². The van der Waals surface area contributed by atoms with Crippen LogP contribution >= 0.6 is 0 Å². The minimum Gasteiger partial charge on any atom is -0.323 e. The van der Waals surface area contributed by atoms with Gasteiger partial charge in [0.05, 0.1) is 5.69 Å². The number of rotatable bonds is 2. The molecule has 0 atom stereocenters. The molecule has 2 rings (SSSR count). The second-order valence-electron chi connectivity index (χ2n) is 3.76. The van der Waals surface area contributed by atoms with Crippen LogP contribution in [0.2, 0.25) is 0 Å². The summed E-state index contributed by atoms with van der Waals surface area (Å²) in [6.07, 6.45) is 3.97. The third-order valence-electron chi connectivity index (χ3n) is 2.50. The molecule has 4 heteroatoms. The quantitative estimate of drug-likeness (QED) is 0.823. The van der Waals surface area contributed by atoms with Crippen molar-refractivity contribution in [2.45, 2.75) is 20.3 Å². The summed E-state index contributed by atoms with van der Waals surface area (Å²) in [5.74, 6) is 0. The first-order chi connectivity index (χ1) is 7.66. The van der Waals surface area contributed by atoms with E-state index in [9.17, 15) is 4.79 Å². The summed E-state index contributed by atoms with van der Waals surface area (Å²) in [7, 11) is 0. The molecule has 0 unspecified atom stereocenters. The van der Waals surface area contributed by atoms with Crippen molar-refractivity contribution in [1.29, 1.82) is 0 Å². The Balaban J connectivity index is 2.36. The zero-order valence-corrected chi connectivity index (χ0v) is 9.32. The SMILES string of the molecule is Cc1nc(Cc2cccnc2)c(=O)[nH]c1C. The van der Waals surface area contributed by atoms with Crippen molar-refractivity contribution in [2.75, 3.05) is 0 Å². The molecule has 0 aliphatic rings. The summed E-state index contributed by atoms with van der Waals surface area (Å²) in [6, 6.07) is 3.79. The number of hydrogen-bond donors (Lipinski definition) is 1. The summed E-state index contributed by atoms with van der Waals surface area (Å²) < 4.78 is 0. The molecule has 0 aliphatic heterocycles. The normalized spacial score (nSPS) is 10.4. The van der Waals surface area contributed by atoms with Gasteiger partial charge in [-0.1, -0.05) is 6.07 Å². The molecule has 16 heavy (non-hydrogen) atoms. The van der Waals surface area contributed by atoms with E-state index in [-0.39, 0.29) is 5.56 Å². The van der Waals surface area contributed by atoms with Crippen molar-refractivity contribution in [3.63, 3.8) is 0 Å². The van der Waals surface area contributed by atoms with Crippen LogP contribution in [0.1, 0.15) is 22.6 Å². The highest BCUT2D eigenvalue weighted by molar-refractivity contribution is 5.19. The number of aryl methyl sites for hydroxylation is 2. The van der Waals surface area contributed by atoms with E-state index in [2.05, 4.69) is 15.0 Å². The average molecular weight is 215 g/mol. The summed E-state index contributed by atoms with van der Waals surface area (Å²) in [5, 5.41) is 0. The topological polar surface area (TPSA) is 58.6 Å². The Morgan fingerprint density at radius 2 is 2.19 bits per heavy atom. The van der Waals surface area contributed by atoms with E-state index < -0.39 is 0 Å². The van der Waals surface area contributed by atoms with Gasteiger partial charge in [-0.05, 0) is 25.5 Å². The fourth-order valence-electron chi connectivity index (χ4n) is 1.49. The first-order valence-electron chi connectivity index (χ1n) is 5.12. The van der Waals surface area contributed by atoms with E-state index >= 15 is 0 Å². The zero-order chi connectivity index (χ0) is 11.5. The number of hydrogen-bond acceptors (Lipinski definition) is 3. The molecular weight excluding hydrogens is 202 g/mol. The molecule has 0 aromatic carbocycles. The van der Waals surface area contributed by atoms with E-state index in [0.29, 0.717) is 12.1 Å². The molecule has 0 saturated carbocycles. The lowest BCUT2D eigenvalue weighted by molar-refractivity contribution is 0.922. The van der Waals surface area contributed by atoms with Crippen LogP contribution in [0, 0.1) is 13.8 Å². The van der Waals surface area contributed by atoms with Gasteiger partial charge in [-0.15, -0.1) is 0 Å². The highest BCUT2D eigenvalue weighted by Gasteiger charge is 2.05. The monoisotopic (exact) mass is 215 g/mol. The minimum atomic E-state index is -0.119. The number of aromatic nitrogens is 3.